The molecule has 0 saturated heterocycles. The number of aryl methyl sites for hydroxylation is 1. The predicted octanol–water partition coefficient (Wildman–Crippen LogP) is 3.79. The van der Waals surface area contributed by atoms with Gasteiger partial charge in [-0.25, -0.2) is 0 Å². The summed E-state index contributed by atoms with van der Waals surface area (Å²) in [7, 11) is 1.68. The first kappa shape index (κ1) is 16.0. The lowest BCUT2D eigenvalue weighted by molar-refractivity contribution is 0.255. The number of nitrogens with one attached hydrogen (secondary N) is 1. The number of hydrogen-bond acceptors (Lipinski definition) is 3. The van der Waals surface area contributed by atoms with Crippen molar-refractivity contribution >= 4 is 0 Å². The average Bonchev–Trinajstić information content (AvgIpc) is 2.62. The standard InChI is InChI=1S/C20H25NO2/c1-23-17-11-9-16(10-12-17)19(13-14-22)21-20-8-4-6-15-5-2-3-7-18(15)20/h2-3,5,7,9-12,19-22H,4,6,8,13-14H2,1H3. The Morgan fingerprint density at radius 2 is 1.96 bits per heavy atom. The van der Waals surface area contributed by atoms with E-state index in [-0.39, 0.29) is 12.6 Å². The summed E-state index contributed by atoms with van der Waals surface area (Å²) in [5.74, 6) is 0.861. The first-order valence-electron chi connectivity index (χ1n) is 8.40. The van der Waals surface area contributed by atoms with Crippen molar-refractivity contribution in [1.82, 2.24) is 5.32 Å². The quantitative estimate of drug-likeness (QED) is 0.853. The molecule has 1 aliphatic rings. The van der Waals surface area contributed by atoms with E-state index in [4.69, 9.17) is 4.74 Å². The molecule has 0 radical (unpaired) electrons. The maximum Gasteiger partial charge on any atom is 0.118 e. The van der Waals surface area contributed by atoms with Gasteiger partial charge in [-0.1, -0.05) is 36.4 Å². The van der Waals surface area contributed by atoms with Crippen molar-refractivity contribution < 1.29 is 9.84 Å². The van der Waals surface area contributed by atoms with Crippen LogP contribution >= 0.6 is 0 Å². The zero-order chi connectivity index (χ0) is 16.1. The summed E-state index contributed by atoms with van der Waals surface area (Å²) in [4.78, 5) is 0. The molecule has 23 heavy (non-hydrogen) atoms. The Bertz CT molecular complexity index is 624. The van der Waals surface area contributed by atoms with E-state index in [1.807, 2.05) is 12.1 Å². The van der Waals surface area contributed by atoms with E-state index in [1.165, 1.54) is 29.5 Å². The number of methoxy groups -OCH3 is 1. The molecule has 122 valence electrons. The summed E-state index contributed by atoms with van der Waals surface area (Å²) in [5.41, 5.74) is 4.06. The Kier molecular flexibility index (Phi) is 5.31. The topological polar surface area (TPSA) is 41.5 Å². The second-order valence-corrected chi connectivity index (χ2v) is 6.15. The van der Waals surface area contributed by atoms with Gasteiger partial charge in [0.15, 0.2) is 0 Å². The molecule has 2 aromatic carbocycles. The predicted molar refractivity (Wildman–Crippen MR) is 92.7 cm³/mol. The first-order chi connectivity index (χ1) is 11.3. The van der Waals surface area contributed by atoms with Crippen molar-refractivity contribution in [2.45, 2.75) is 37.8 Å². The van der Waals surface area contributed by atoms with Crippen LogP contribution in [0.5, 0.6) is 5.75 Å². The Labute approximate surface area is 138 Å². The van der Waals surface area contributed by atoms with E-state index >= 15 is 0 Å². The fourth-order valence-corrected chi connectivity index (χ4v) is 3.48. The summed E-state index contributed by atoms with van der Waals surface area (Å²) >= 11 is 0. The molecule has 3 nitrogen and oxygen atoms in total. The summed E-state index contributed by atoms with van der Waals surface area (Å²) in [6.07, 6.45) is 4.24. The largest absolute Gasteiger partial charge is 0.497 e. The van der Waals surface area contributed by atoms with Gasteiger partial charge in [-0.2, -0.15) is 0 Å². The smallest absolute Gasteiger partial charge is 0.118 e. The number of ether oxygens (including phenoxy) is 1. The van der Waals surface area contributed by atoms with Crippen LogP contribution in [0, 0.1) is 0 Å². The van der Waals surface area contributed by atoms with E-state index in [9.17, 15) is 5.11 Å². The number of rotatable bonds is 6. The molecule has 0 heterocycles. The second-order valence-electron chi connectivity index (χ2n) is 6.15. The van der Waals surface area contributed by atoms with E-state index in [0.717, 1.165) is 12.2 Å². The van der Waals surface area contributed by atoms with E-state index < -0.39 is 0 Å². The molecule has 0 fully saturated rings. The van der Waals surface area contributed by atoms with Crippen molar-refractivity contribution in [3.63, 3.8) is 0 Å². The molecule has 2 atom stereocenters. The highest BCUT2D eigenvalue weighted by atomic mass is 16.5. The molecule has 0 aromatic heterocycles. The molecule has 1 aliphatic carbocycles. The summed E-state index contributed by atoms with van der Waals surface area (Å²) in [5, 5.41) is 13.2. The highest BCUT2D eigenvalue weighted by Gasteiger charge is 2.23. The fourth-order valence-electron chi connectivity index (χ4n) is 3.48. The van der Waals surface area contributed by atoms with Crippen LogP contribution in [0.1, 0.15) is 48.0 Å². The minimum Gasteiger partial charge on any atom is -0.497 e. The highest BCUT2D eigenvalue weighted by molar-refractivity contribution is 5.33. The SMILES string of the molecule is COc1ccc(C(CCO)NC2CCCc3ccccc32)cc1. The van der Waals surface area contributed by atoms with Gasteiger partial charge in [-0.05, 0) is 54.5 Å². The van der Waals surface area contributed by atoms with E-state index in [1.54, 1.807) is 7.11 Å². The Morgan fingerprint density at radius 1 is 1.17 bits per heavy atom. The number of hydrogen-bond donors (Lipinski definition) is 2. The van der Waals surface area contributed by atoms with Gasteiger partial charge in [-0.3, -0.25) is 0 Å². The minimum absolute atomic E-state index is 0.155. The summed E-state index contributed by atoms with van der Waals surface area (Å²) < 4.78 is 5.24. The zero-order valence-corrected chi connectivity index (χ0v) is 13.7. The highest BCUT2D eigenvalue weighted by Crippen LogP contribution is 2.32. The monoisotopic (exact) mass is 311 g/mol. The van der Waals surface area contributed by atoms with E-state index in [2.05, 4.69) is 41.7 Å². The van der Waals surface area contributed by atoms with Crippen LogP contribution in [0.15, 0.2) is 48.5 Å². The van der Waals surface area contributed by atoms with Gasteiger partial charge in [-0.15, -0.1) is 0 Å². The average molecular weight is 311 g/mol. The van der Waals surface area contributed by atoms with Crippen LogP contribution in [0.25, 0.3) is 0 Å². The number of aliphatic hydroxyl groups is 1. The number of aliphatic hydroxyl groups excluding tert-OH is 1. The lowest BCUT2D eigenvalue weighted by Gasteiger charge is -2.31. The van der Waals surface area contributed by atoms with Crippen molar-refractivity contribution in [3.05, 3.63) is 65.2 Å². The van der Waals surface area contributed by atoms with Gasteiger partial charge in [0.2, 0.25) is 0 Å². The molecular formula is C20H25NO2. The molecule has 0 aliphatic heterocycles. The lowest BCUT2D eigenvalue weighted by Crippen LogP contribution is -2.29. The molecular weight excluding hydrogens is 286 g/mol. The van der Waals surface area contributed by atoms with Crippen LogP contribution in [0.3, 0.4) is 0 Å². The lowest BCUT2D eigenvalue weighted by atomic mass is 9.86. The summed E-state index contributed by atoms with van der Waals surface area (Å²) in [6.45, 7) is 0.179. The Morgan fingerprint density at radius 3 is 2.70 bits per heavy atom. The number of fused-ring (bicyclic) bond motifs is 1. The Hall–Kier alpha value is -1.84. The molecule has 3 rings (SSSR count). The molecule has 2 N–H and O–H groups in total. The normalized spacial score (nSPS) is 18.3. The van der Waals surface area contributed by atoms with Gasteiger partial charge < -0.3 is 15.2 Å². The van der Waals surface area contributed by atoms with Crippen molar-refractivity contribution in [1.29, 1.82) is 0 Å². The molecule has 2 unspecified atom stereocenters. The molecule has 3 heteroatoms. The third-order valence-corrected chi connectivity index (χ3v) is 4.71. The second kappa shape index (κ2) is 7.62. The number of benzene rings is 2. The van der Waals surface area contributed by atoms with Crippen LogP contribution in [0.4, 0.5) is 0 Å². The molecule has 0 bridgehead atoms. The van der Waals surface area contributed by atoms with Crippen LogP contribution in [-0.2, 0) is 6.42 Å². The molecule has 2 aromatic rings. The third kappa shape index (κ3) is 3.74. The van der Waals surface area contributed by atoms with Crippen molar-refractivity contribution in [2.75, 3.05) is 13.7 Å². The maximum atomic E-state index is 9.46. The maximum absolute atomic E-state index is 9.46. The van der Waals surface area contributed by atoms with Gasteiger partial charge in [0.25, 0.3) is 0 Å². The fraction of sp³-hybridized carbons (Fsp3) is 0.400. The minimum atomic E-state index is 0.155. The zero-order valence-electron chi connectivity index (χ0n) is 13.7. The van der Waals surface area contributed by atoms with Crippen LogP contribution in [-0.4, -0.2) is 18.8 Å². The first-order valence-corrected chi connectivity index (χ1v) is 8.40. The van der Waals surface area contributed by atoms with Gasteiger partial charge in [0, 0.05) is 18.7 Å². The van der Waals surface area contributed by atoms with Gasteiger partial charge in [0.05, 0.1) is 7.11 Å². The van der Waals surface area contributed by atoms with Crippen LogP contribution < -0.4 is 10.1 Å². The van der Waals surface area contributed by atoms with Gasteiger partial charge in [0.1, 0.15) is 5.75 Å². The molecule has 0 amide bonds. The van der Waals surface area contributed by atoms with Crippen molar-refractivity contribution in [2.24, 2.45) is 0 Å². The van der Waals surface area contributed by atoms with Crippen molar-refractivity contribution in [3.8, 4) is 5.75 Å². The molecule has 0 saturated carbocycles. The summed E-state index contributed by atoms with van der Waals surface area (Å²) in [6, 6.07) is 17.4. The van der Waals surface area contributed by atoms with Crippen LogP contribution in [0.2, 0.25) is 0 Å². The van der Waals surface area contributed by atoms with E-state index in [0.29, 0.717) is 12.5 Å². The van der Waals surface area contributed by atoms with Gasteiger partial charge >= 0.3 is 0 Å². The molecule has 0 spiro atoms. The Balaban J connectivity index is 1.80. The third-order valence-electron chi connectivity index (χ3n) is 4.71.